The van der Waals surface area contributed by atoms with Gasteiger partial charge in [-0.05, 0) is 75.6 Å². The van der Waals surface area contributed by atoms with E-state index in [1.165, 1.54) is 11.3 Å². The maximum atomic E-state index is 6.16. The molecular weight excluding hydrogens is 432 g/mol. The highest BCUT2D eigenvalue weighted by Gasteiger charge is 2.21. The lowest BCUT2D eigenvalue weighted by atomic mass is 10.0. The highest BCUT2D eigenvalue weighted by atomic mass is 16.5. The average molecular weight is 471 g/mol. The van der Waals surface area contributed by atoms with Gasteiger partial charge in [-0.15, -0.1) is 0 Å². The van der Waals surface area contributed by atoms with Crippen LogP contribution < -0.4 is 15.0 Å². The zero-order valence-corrected chi connectivity index (χ0v) is 21.3. The largest absolute Gasteiger partial charge is 0.492 e. The fourth-order valence-corrected chi connectivity index (χ4v) is 5.43. The summed E-state index contributed by atoms with van der Waals surface area (Å²) in [7, 11) is 0. The first-order valence-electron chi connectivity index (χ1n) is 13.1. The molecule has 35 heavy (non-hydrogen) atoms. The maximum absolute atomic E-state index is 6.16. The van der Waals surface area contributed by atoms with E-state index in [0.717, 1.165) is 67.9 Å². The van der Waals surface area contributed by atoms with Crippen molar-refractivity contribution >= 4 is 22.7 Å². The molecule has 3 heterocycles. The van der Waals surface area contributed by atoms with E-state index in [1.54, 1.807) is 5.57 Å². The van der Waals surface area contributed by atoms with Gasteiger partial charge in [-0.1, -0.05) is 29.8 Å². The molecule has 0 bridgehead atoms. The Hall–Kier alpha value is -2.89. The van der Waals surface area contributed by atoms with Gasteiger partial charge in [-0.25, -0.2) is 0 Å². The monoisotopic (exact) mass is 470 g/mol. The quantitative estimate of drug-likeness (QED) is 0.530. The number of fused-ring (bicyclic) bond motifs is 1. The Bertz CT molecular complexity index is 1170. The molecule has 3 aromatic rings. The van der Waals surface area contributed by atoms with E-state index in [1.807, 2.05) is 31.2 Å². The summed E-state index contributed by atoms with van der Waals surface area (Å²) in [5.41, 5.74) is 6.25. The number of piperidine rings is 1. The molecule has 0 radical (unpaired) electrons. The molecule has 2 saturated heterocycles. The van der Waals surface area contributed by atoms with Gasteiger partial charge < -0.3 is 15.0 Å². The molecule has 0 aliphatic carbocycles. The Balaban J connectivity index is 1.13. The molecule has 0 amide bonds. The second kappa shape index (κ2) is 10.8. The van der Waals surface area contributed by atoms with Crippen LogP contribution in [0.1, 0.15) is 37.9 Å². The molecule has 2 aromatic carbocycles. The number of nitrogens with zero attached hydrogens (tertiary/aromatic N) is 3. The normalized spacial score (nSPS) is 21.3. The SMILES string of the molecule is Cc1ccc2c(OCCN3CCC(=Cc4cccc(N5CC(C)NC(C)C5)c4)CC3)cccc2n1. The van der Waals surface area contributed by atoms with Crippen LogP contribution in [0.2, 0.25) is 0 Å². The van der Waals surface area contributed by atoms with Crippen molar-refractivity contribution in [2.45, 2.75) is 45.7 Å². The summed E-state index contributed by atoms with van der Waals surface area (Å²) in [5.74, 6) is 0.931. The molecular formula is C30H38N4O. The molecule has 1 aromatic heterocycles. The summed E-state index contributed by atoms with van der Waals surface area (Å²) in [4.78, 5) is 9.65. The molecule has 184 valence electrons. The summed E-state index contributed by atoms with van der Waals surface area (Å²) in [5, 5.41) is 4.72. The number of rotatable bonds is 6. The minimum Gasteiger partial charge on any atom is -0.492 e. The first-order valence-corrected chi connectivity index (χ1v) is 13.1. The van der Waals surface area contributed by atoms with Crippen LogP contribution in [0.4, 0.5) is 5.69 Å². The van der Waals surface area contributed by atoms with Crippen molar-refractivity contribution in [1.82, 2.24) is 15.2 Å². The van der Waals surface area contributed by atoms with Gasteiger partial charge in [0.05, 0.1) is 5.52 Å². The number of nitrogens with one attached hydrogen (secondary N) is 1. The molecule has 2 aliphatic heterocycles. The topological polar surface area (TPSA) is 40.6 Å². The van der Waals surface area contributed by atoms with Crippen LogP contribution in [-0.2, 0) is 0 Å². The first kappa shape index (κ1) is 23.8. The van der Waals surface area contributed by atoms with Crippen molar-refractivity contribution in [1.29, 1.82) is 0 Å². The molecule has 0 spiro atoms. The fourth-order valence-electron chi connectivity index (χ4n) is 5.43. The Labute approximate surface area is 209 Å². The molecule has 2 fully saturated rings. The zero-order valence-electron chi connectivity index (χ0n) is 21.3. The van der Waals surface area contributed by atoms with Gasteiger partial charge in [-0.3, -0.25) is 9.88 Å². The van der Waals surface area contributed by atoms with E-state index in [2.05, 4.69) is 70.4 Å². The Kier molecular flexibility index (Phi) is 7.35. The molecule has 5 heteroatoms. The minimum absolute atomic E-state index is 0.524. The van der Waals surface area contributed by atoms with E-state index >= 15 is 0 Å². The third-order valence-corrected chi connectivity index (χ3v) is 7.16. The lowest BCUT2D eigenvalue weighted by Gasteiger charge is -2.37. The standard InChI is InChI=1S/C30H38N4O/c1-22-10-11-28-29(32-22)8-5-9-30(28)35-17-16-33-14-12-25(13-15-33)18-26-6-4-7-27(19-26)34-20-23(2)31-24(3)21-34/h4-11,18-19,23-24,31H,12-17,20-21H2,1-3H3. The third kappa shape index (κ3) is 6.03. The summed E-state index contributed by atoms with van der Waals surface area (Å²) in [6, 6.07) is 20.4. The summed E-state index contributed by atoms with van der Waals surface area (Å²) in [6.45, 7) is 12.5. The van der Waals surface area contributed by atoms with Gasteiger partial charge in [0.1, 0.15) is 12.4 Å². The van der Waals surface area contributed by atoms with Gasteiger partial charge in [-0.2, -0.15) is 0 Å². The third-order valence-electron chi connectivity index (χ3n) is 7.16. The van der Waals surface area contributed by atoms with Crippen molar-refractivity contribution < 1.29 is 4.74 Å². The highest BCUT2D eigenvalue weighted by Crippen LogP contribution is 2.26. The predicted octanol–water partition coefficient (Wildman–Crippen LogP) is 5.29. The van der Waals surface area contributed by atoms with E-state index < -0.39 is 0 Å². The minimum atomic E-state index is 0.524. The number of hydrogen-bond donors (Lipinski definition) is 1. The Morgan fingerprint density at radius 3 is 2.57 bits per heavy atom. The number of ether oxygens (including phenoxy) is 1. The van der Waals surface area contributed by atoms with Crippen molar-refractivity contribution in [2.75, 3.05) is 44.2 Å². The van der Waals surface area contributed by atoms with Crippen LogP contribution in [0, 0.1) is 6.92 Å². The van der Waals surface area contributed by atoms with Gasteiger partial charge in [0, 0.05) is 61.6 Å². The van der Waals surface area contributed by atoms with Crippen LogP contribution in [0.3, 0.4) is 0 Å². The number of hydrogen-bond acceptors (Lipinski definition) is 5. The van der Waals surface area contributed by atoms with Crippen molar-refractivity contribution in [3.05, 3.63) is 71.4 Å². The molecule has 5 nitrogen and oxygen atoms in total. The molecule has 1 N–H and O–H groups in total. The fraction of sp³-hybridized carbons (Fsp3) is 0.433. The zero-order chi connectivity index (χ0) is 24.2. The number of pyridine rings is 1. The first-order chi connectivity index (χ1) is 17.0. The predicted molar refractivity (Wildman–Crippen MR) is 146 cm³/mol. The lowest BCUT2D eigenvalue weighted by Crippen LogP contribution is -2.54. The number of aryl methyl sites for hydroxylation is 1. The van der Waals surface area contributed by atoms with Crippen LogP contribution in [-0.4, -0.2) is 61.3 Å². The lowest BCUT2D eigenvalue weighted by molar-refractivity contribution is 0.200. The van der Waals surface area contributed by atoms with Gasteiger partial charge in [0.15, 0.2) is 0 Å². The van der Waals surface area contributed by atoms with E-state index in [4.69, 9.17) is 4.74 Å². The average Bonchev–Trinajstić information content (AvgIpc) is 2.84. The van der Waals surface area contributed by atoms with Crippen molar-refractivity contribution in [3.8, 4) is 5.75 Å². The molecule has 0 saturated carbocycles. The molecule has 2 aliphatic rings. The van der Waals surface area contributed by atoms with Crippen LogP contribution in [0.25, 0.3) is 17.0 Å². The van der Waals surface area contributed by atoms with Crippen molar-refractivity contribution in [3.63, 3.8) is 0 Å². The number of anilines is 1. The molecule has 2 unspecified atom stereocenters. The number of likely N-dealkylation sites (tertiary alicyclic amines) is 1. The summed E-state index contributed by atoms with van der Waals surface area (Å²) in [6.07, 6.45) is 4.67. The Morgan fingerprint density at radius 1 is 1.00 bits per heavy atom. The number of aromatic nitrogens is 1. The van der Waals surface area contributed by atoms with Crippen LogP contribution in [0.5, 0.6) is 5.75 Å². The smallest absolute Gasteiger partial charge is 0.128 e. The van der Waals surface area contributed by atoms with Gasteiger partial charge >= 0.3 is 0 Å². The van der Waals surface area contributed by atoms with Crippen LogP contribution in [0.15, 0.2) is 60.2 Å². The van der Waals surface area contributed by atoms with Crippen molar-refractivity contribution in [2.24, 2.45) is 0 Å². The summed E-state index contributed by atoms with van der Waals surface area (Å²) >= 11 is 0. The molecule has 5 rings (SSSR count). The highest BCUT2D eigenvalue weighted by molar-refractivity contribution is 5.85. The van der Waals surface area contributed by atoms with Gasteiger partial charge in [0.25, 0.3) is 0 Å². The molecule has 2 atom stereocenters. The van der Waals surface area contributed by atoms with E-state index in [0.29, 0.717) is 18.7 Å². The van der Waals surface area contributed by atoms with Gasteiger partial charge in [0.2, 0.25) is 0 Å². The van der Waals surface area contributed by atoms with Crippen LogP contribution >= 0.6 is 0 Å². The number of benzene rings is 2. The second-order valence-corrected chi connectivity index (χ2v) is 10.2. The summed E-state index contributed by atoms with van der Waals surface area (Å²) < 4.78 is 6.16. The second-order valence-electron chi connectivity index (χ2n) is 10.2. The maximum Gasteiger partial charge on any atom is 0.128 e. The number of piperazine rings is 1. The van der Waals surface area contributed by atoms with E-state index in [-0.39, 0.29) is 0 Å². The van der Waals surface area contributed by atoms with E-state index in [9.17, 15) is 0 Å². The Morgan fingerprint density at radius 2 is 1.77 bits per heavy atom.